The van der Waals surface area contributed by atoms with E-state index in [1.807, 2.05) is 0 Å². The first-order valence-electron chi connectivity index (χ1n) is 6.07. The van der Waals surface area contributed by atoms with Gasteiger partial charge in [0, 0.05) is 18.6 Å². The summed E-state index contributed by atoms with van der Waals surface area (Å²) in [7, 11) is -3.66. The first kappa shape index (κ1) is 16.6. The van der Waals surface area contributed by atoms with E-state index in [9.17, 15) is 13.2 Å². The average molecular weight is 301 g/mol. The van der Waals surface area contributed by atoms with Gasteiger partial charge in [-0.25, -0.2) is 13.1 Å². The molecule has 0 saturated heterocycles. The fourth-order valence-electron chi connectivity index (χ4n) is 1.39. The third kappa shape index (κ3) is 4.92. The highest BCUT2D eigenvalue weighted by Gasteiger charge is 2.21. The van der Waals surface area contributed by atoms with E-state index >= 15 is 0 Å². The lowest BCUT2D eigenvalue weighted by Crippen LogP contribution is -2.36. The van der Waals surface area contributed by atoms with Crippen molar-refractivity contribution in [3.63, 3.8) is 0 Å². The maximum Gasteiger partial charge on any atom is 0.307 e. The van der Waals surface area contributed by atoms with Crippen molar-refractivity contribution >= 4 is 16.0 Å². The van der Waals surface area contributed by atoms with Crippen molar-refractivity contribution in [2.45, 2.75) is 25.2 Å². The molecule has 0 unspecified atom stereocenters. The Labute approximate surface area is 118 Å². The lowest BCUT2D eigenvalue weighted by molar-refractivity contribution is -0.136. The van der Waals surface area contributed by atoms with Crippen molar-refractivity contribution < 1.29 is 23.4 Å². The lowest BCUT2D eigenvalue weighted by atomic mass is 9.96. The molecule has 1 aromatic rings. The maximum atomic E-state index is 12.0. The van der Waals surface area contributed by atoms with Crippen LogP contribution in [0.5, 0.6) is 0 Å². The Hall–Kier alpha value is -1.44. The zero-order valence-corrected chi connectivity index (χ0v) is 12.3. The number of sulfonamides is 1. The van der Waals surface area contributed by atoms with Crippen LogP contribution in [-0.4, -0.2) is 37.8 Å². The fraction of sp³-hybridized carbons (Fsp3) is 0.462. The van der Waals surface area contributed by atoms with Crippen molar-refractivity contribution in [3.8, 4) is 0 Å². The minimum Gasteiger partial charge on any atom is -0.481 e. The monoisotopic (exact) mass is 301 g/mol. The van der Waals surface area contributed by atoms with Crippen molar-refractivity contribution in [1.29, 1.82) is 0 Å². The smallest absolute Gasteiger partial charge is 0.307 e. The third-order valence-electron chi connectivity index (χ3n) is 2.76. The first-order chi connectivity index (χ1) is 9.16. The van der Waals surface area contributed by atoms with Crippen LogP contribution in [-0.2, 0) is 21.2 Å². The van der Waals surface area contributed by atoms with Gasteiger partial charge in [0.1, 0.15) is 0 Å². The van der Waals surface area contributed by atoms with Crippen LogP contribution in [0.3, 0.4) is 0 Å². The Balaban J connectivity index is 2.80. The number of hydrogen-bond donors (Lipinski definition) is 3. The molecule has 0 radical (unpaired) electrons. The van der Waals surface area contributed by atoms with E-state index in [0.717, 1.165) is 0 Å². The molecule has 0 amide bonds. The Bertz CT molecular complexity index is 563. The van der Waals surface area contributed by atoms with Crippen LogP contribution in [0.4, 0.5) is 0 Å². The summed E-state index contributed by atoms with van der Waals surface area (Å²) in [5.74, 6) is -0.969. The number of benzene rings is 1. The molecule has 1 rings (SSSR count). The van der Waals surface area contributed by atoms with Crippen LogP contribution in [0.15, 0.2) is 29.2 Å². The number of aliphatic hydroxyl groups excluding tert-OH is 1. The second kappa shape index (κ2) is 6.34. The number of carboxylic acids is 1. The SMILES string of the molecule is CC(C)(CO)CNS(=O)(=O)c1ccc(CC(=O)O)cc1. The summed E-state index contributed by atoms with van der Waals surface area (Å²) in [5, 5.41) is 17.7. The summed E-state index contributed by atoms with van der Waals surface area (Å²) in [4.78, 5) is 10.6. The Kier molecular flexibility index (Phi) is 5.27. The molecule has 0 spiro atoms. The molecule has 0 saturated carbocycles. The molecule has 7 heteroatoms. The molecule has 0 fully saturated rings. The van der Waals surface area contributed by atoms with E-state index < -0.39 is 21.4 Å². The van der Waals surface area contributed by atoms with E-state index in [0.29, 0.717) is 5.56 Å². The Morgan fingerprint density at radius 1 is 1.25 bits per heavy atom. The molecule has 0 atom stereocenters. The summed E-state index contributed by atoms with van der Waals surface area (Å²) < 4.78 is 26.5. The molecule has 3 N–H and O–H groups in total. The Morgan fingerprint density at radius 3 is 2.25 bits per heavy atom. The standard InChI is InChI=1S/C13H19NO5S/c1-13(2,9-15)8-14-20(18,19)11-5-3-10(4-6-11)7-12(16)17/h3-6,14-15H,7-9H2,1-2H3,(H,16,17). The molecule has 0 aliphatic rings. The van der Waals surface area contributed by atoms with Crippen molar-refractivity contribution in [3.05, 3.63) is 29.8 Å². The topological polar surface area (TPSA) is 104 Å². The van der Waals surface area contributed by atoms with Crippen molar-refractivity contribution in [1.82, 2.24) is 4.72 Å². The van der Waals surface area contributed by atoms with Gasteiger partial charge in [-0.1, -0.05) is 26.0 Å². The van der Waals surface area contributed by atoms with E-state index in [-0.39, 0.29) is 24.5 Å². The van der Waals surface area contributed by atoms with Gasteiger partial charge in [0.2, 0.25) is 10.0 Å². The normalized spacial score (nSPS) is 12.3. The highest BCUT2D eigenvalue weighted by molar-refractivity contribution is 7.89. The lowest BCUT2D eigenvalue weighted by Gasteiger charge is -2.21. The number of carboxylic acid groups (broad SMARTS) is 1. The van der Waals surface area contributed by atoms with Gasteiger partial charge in [-0.2, -0.15) is 0 Å². The van der Waals surface area contributed by atoms with Crippen LogP contribution in [0.2, 0.25) is 0 Å². The average Bonchev–Trinajstić information content (AvgIpc) is 2.37. The van der Waals surface area contributed by atoms with Gasteiger partial charge < -0.3 is 10.2 Å². The number of aliphatic hydroxyl groups is 1. The Morgan fingerprint density at radius 2 is 1.80 bits per heavy atom. The third-order valence-corrected chi connectivity index (χ3v) is 4.17. The zero-order valence-electron chi connectivity index (χ0n) is 11.5. The van der Waals surface area contributed by atoms with Crippen LogP contribution in [0.25, 0.3) is 0 Å². The molecule has 112 valence electrons. The minimum atomic E-state index is -3.66. The first-order valence-corrected chi connectivity index (χ1v) is 7.56. The highest BCUT2D eigenvalue weighted by Crippen LogP contribution is 2.15. The number of nitrogens with one attached hydrogen (secondary N) is 1. The van der Waals surface area contributed by atoms with Crippen molar-refractivity contribution in [2.24, 2.45) is 5.41 Å². The summed E-state index contributed by atoms with van der Waals surface area (Å²) in [6.07, 6.45) is -0.148. The molecular weight excluding hydrogens is 282 g/mol. The van der Waals surface area contributed by atoms with Gasteiger partial charge in [0.25, 0.3) is 0 Å². The molecule has 0 aliphatic heterocycles. The maximum absolute atomic E-state index is 12.0. The van der Waals surface area contributed by atoms with Crippen LogP contribution in [0.1, 0.15) is 19.4 Å². The number of rotatable bonds is 7. The fourth-order valence-corrected chi connectivity index (χ4v) is 2.63. The predicted octanol–water partition coefficient (Wildman–Crippen LogP) is 0.610. The summed E-state index contributed by atoms with van der Waals surface area (Å²) in [6, 6.07) is 5.68. The molecule has 6 nitrogen and oxygen atoms in total. The molecule has 0 heterocycles. The number of hydrogen-bond acceptors (Lipinski definition) is 4. The van der Waals surface area contributed by atoms with Gasteiger partial charge in [-0.15, -0.1) is 0 Å². The number of carbonyl (C=O) groups is 1. The molecule has 0 bridgehead atoms. The van der Waals surface area contributed by atoms with Gasteiger partial charge in [-0.05, 0) is 17.7 Å². The van der Waals surface area contributed by atoms with Gasteiger partial charge in [-0.3, -0.25) is 4.79 Å². The largest absolute Gasteiger partial charge is 0.481 e. The van der Waals surface area contributed by atoms with E-state index in [1.165, 1.54) is 24.3 Å². The molecule has 20 heavy (non-hydrogen) atoms. The molecule has 0 aliphatic carbocycles. The second-order valence-electron chi connectivity index (χ2n) is 5.36. The summed E-state index contributed by atoms with van der Waals surface area (Å²) >= 11 is 0. The molecule has 0 aromatic heterocycles. The van der Waals surface area contributed by atoms with Crippen LogP contribution in [0, 0.1) is 5.41 Å². The van der Waals surface area contributed by atoms with Gasteiger partial charge in [0.05, 0.1) is 11.3 Å². The second-order valence-corrected chi connectivity index (χ2v) is 7.13. The van der Waals surface area contributed by atoms with Crippen molar-refractivity contribution in [2.75, 3.05) is 13.2 Å². The van der Waals surface area contributed by atoms with E-state index in [4.69, 9.17) is 10.2 Å². The summed E-state index contributed by atoms with van der Waals surface area (Å²) in [5.41, 5.74) is -0.0109. The minimum absolute atomic E-state index is 0.0698. The quantitative estimate of drug-likeness (QED) is 0.684. The highest BCUT2D eigenvalue weighted by atomic mass is 32.2. The number of aliphatic carboxylic acids is 1. The van der Waals surface area contributed by atoms with Crippen LogP contribution < -0.4 is 4.72 Å². The molecular formula is C13H19NO5S. The van der Waals surface area contributed by atoms with Gasteiger partial charge in [0.15, 0.2) is 0 Å². The summed E-state index contributed by atoms with van der Waals surface area (Å²) in [6.45, 7) is 3.47. The predicted molar refractivity (Wildman–Crippen MR) is 73.8 cm³/mol. The van der Waals surface area contributed by atoms with E-state index in [2.05, 4.69) is 4.72 Å². The zero-order chi connectivity index (χ0) is 15.4. The van der Waals surface area contributed by atoms with E-state index in [1.54, 1.807) is 13.8 Å². The van der Waals surface area contributed by atoms with Gasteiger partial charge >= 0.3 is 5.97 Å². The molecule has 1 aromatic carbocycles. The van der Waals surface area contributed by atoms with Crippen LogP contribution >= 0.6 is 0 Å².